The Labute approximate surface area is 365 Å². The van der Waals surface area contributed by atoms with E-state index in [1.54, 1.807) is 29.5 Å². The van der Waals surface area contributed by atoms with Gasteiger partial charge in [0, 0.05) is 47.6 Å². The van der Waals surface area contributed by atoms with Gasteiger partial charge in [-0.15, -0.1) is 11.3 Å². The van der Waals surface area contributed by atoms with Gasteiger partial charge in [-0.2, -0.15) is 26.3 Å². The van der Waals surface area contributed by atoms with Crippen LogP contribution in [-0.4, -0.2) is 19.5 Å². The first-order chi connectivity index (χ1) is 31.0. The molecular formula is C53H30F6N4S. The van der Waals surface area contributed by atoms with E-state index in [1.165, 1.54) is 10.1 Å². The van der Waals surface area contributed by atoms with Crippen LogP contribution in [0.25, 0.3) is 104 Å². The summed E-state index contributed by atoms with van der Waals surface area (Å²) in [4.78, 5) is 15.2. The summed E-state index contributed by atoms with van der Waals surface area (Å²) < 4.78 is 88.9. The maximum absolute atomic E-state index is 14.1. The minimum atomic E-state index is -5.01. The summed E-state index contributed by atoms with van der Waals surface area (Å²) in [6, 6.07) is 54.2. The van der Waals surface area contributed by atoms with Crippen LogP contribution in [0.4, 0.5) is 26.3 Å². The van der Waals surface area contributed by atoms with Crippen LogP contribution >= 0.6 is 11.3 Å². The van der Waals surface area contributed by atoms with Gasteiger partial charge in [-0.05, 0) is 76.9 Å². The quantitative estimate of drug-likeness (QED) is 0.156. The minimum Gasteiger partial charge on any atom is -0.308 e. The maximum Gasteiger partial charge on any atom is 0.416 e. The van der Waals surface area contributed by atoms with E-state index in [9.17, 15) is 26.3 Å². The smallest absolute Gasteiger partial charge is 0.308 e. The second-order valence-corrected chi connectivity index (χ2v) is 16.5. The van der Waals surface area contributed by atoms with Crippen LogP contribution in [-0.2, 0) is 12.4 Å². The SMILES string of the molecule is FC(F)(F)c1cc(-c2ccc3c4ccccc4n(-c4ccc(-c5ccc6c(c5)sc5ccccc56)cc4-c4nc(-c5ccccc5)nc(-c5ccccc5)n4)c3c2)cc(C(F)(F)F)c1. The predicted molar refractivity (Wildman–Crippen MR) is 244 cm³/mol. The van der Waals surface area contributed by atoms with Crippen molar-refractivity contribution in [3.8, 4) is 62.1 Å². The van der Waals surface area contributed by atoms with Crippen LogP contribution in [0.15, 0.2) is 182 Å². The highest BCUT2D eigenvalue weighted by molar-refractivity contribution is 7.25. The molecule has 0 spiro atoms. The van der Waals surface area contributed by atoms with Crippen LogP contribution in [0.1, 0.15) is 11.1 Å². The van der Waals surface area contributed by atoms with Crippen molar-refractivity contribution in [2.75, 3.05) is 0 Å². The molecule has 11 heteroatoms. The highest BCUT2D eigenvalue weighted by atomic mass is 32.1. The third-order valence-electron chi connectivity index (χ3n) is 11.5. The Morgan fingerprint density at radius 1 is 0.359 bits per heavy atom. The second-order valence-electron chi connectivity index (χ2n) is 15.5. The van der Waals surface area contributed by atoms with Crippen molar-refractivity contribution in [2.24, 2.45) is 0 Å². The summed E-state index contributed by atoms with van der Waals surface area (Å²) in [6.45, 7) is 0. The molecule has 11 rings (SSSR count). The van der Waals surface area contributed by atoms with Crippen molar-refractivity contribution in [3.05, 3.63) is 193 Å². The van der Waals surface area contributed by atoms with Gasteiger partial charge >= 0.3 is 12.4 Å². The molecule has 0 bridgehead atoms. The molecule has 64 heavy (non-hydrogen) atoms. The number of para-hydroxylation sites is 1. The third kappa shape index (κ3) is 6.94. The number of rotatable bonds is 6. The number of halogens is 6. The number of aromatic nitrogens is 4. The molecule has 310 valence electrons. The Morgan fingerprint density at radius 3 is 1.52 bits per heavy atom. The van der Waals surface area contributed by atoms with E-state index >= 15 is 0 Å². The Kier molecular flexibility index (Phi) is 9.21. The normalized spacial score (nSPS) is 12.2. The first kappa shape index (κ1) is 39.2. The lowest BCUT2D eigenvalue weighted by Crippen LogP contribution is -2.11. The van der Waals surface area contributed by atoms with E-state index < -0.39 is 23.5 Å². The number of fused-ring (bicyclic) bond motifs is 6. The van der Waals surface area contributed by atoms with Crippen molar-refractivity contribution < 1.29 is 26.3 Å². The van der Waals surface area contributed by atoms with E-state index in [0.717, 1.165) is 60.8 Å². The Balaban J connectivity index is 1.19. The van der Waals surface area contributed by atoms with Crippen molar-refractivity contribution >= 4 is 53.3 Å². The molecule has 11 aromatic rings. The highest BCUT2D eigenvalue weighted by Gasteiger charge is 2.37. The molecule has 8 aromatic carbocycles. The molecular weight excluding hydrogens is 839 g/mol. The van der Waals surface area contributed by atoms with E-state index in [-0.39, 0.29) is 17.2 Å². The number of benzene rings is 8. The largest absolute Gasteiger partial charge is 0.416 e. The summed E-state index contributed by atoms with van der Waals surface area (Å²) in [7, 11) is 0. The van der Waals surface area contributed by atoms with Crippen LogP contribution < -0.4 is 0 Å². The van der Waals surface area contributed by atoms with E-state index in [4.69, 9.17) is 15.0 Å². The average Bonchev–Trinajstić information content (AvgIpc) is 3.86. The van der Waals surface area contributed by atoms with Gasteiger partial charge in [0.1, 0.15) is 0 Å². The van der Waals surface area contributed by atoms with Gasteiger partial charge < -0.3 is 4.57 Å². The Hall–Kier alpha value is -7.63. The Morgan fingerprint density at radius 2 is 0.859 bits per heavy atom. The Bertz CT molecular complexity index is 3500. The summed E-state index contributed by atoms with van der Waals surface area (Å²) in [6.07, 6.45) is -10.0. The molecule has 0 saturated carbocycles. The fourth-order valence-corrected chi connectivity index (χ4v) is 9.60. The minimum absolute atomic E-state index is 0.146. The van der Waals surface area contributed by atoms with E-state index in [2.05, 4.69) is 30.3 Å². The summed E-state index contributed by atoms with van der Waals surface area (Å²) >= 11 is 1.72. The maximum atomic E-state index is 14.1. The number of hydrogen-bond donors (Lipinski definition) is 0. The second kappa shape index (κ2) is 15.0. The molecule has 0 unspecified atom stereocenters. The first-order valence-electron chi connectivity index (χ1n) is 20.2. The molecule has 0 aliphatic heterocycles. The molecule has 0 fully saturated rings. The van der Waals surface area contributed by atoms with Gasteiger partial charge in [-0.25, -0.2) is 15.0 Å². The third-order valence-corrected chi connectivity index (χ3v) is 12.6. The van der Waals surface area contributed by atoms with Gasteiger partial charge in [-0.1, -0.05) is 127 Å². The fourth-order valence-electron chi connectivity index (χ4n) is 8.46. The molecule has 0 atom stereocenters. The molecule has 0 aliphatic rings. The fraction of sp³-hybridized carbons (Fsp3) is 0.0377. The van der Waals surface area contributed by atoms with Gasteiger partial charge in [0.05, 0.1) is 27.8 Å². The zero-order chi connectivity index (χ0) is 43.7. The summed E-state index contributed by atoms with van der Waals surface area (Å²) in [5, 5.41) is 3.92. The van der Waals surface area contributed by atoms with Gasteiger partial charge in [0.15, 0.2) is 17.5 Å². The van der Waals surface area contributed by atoms with E-state index in [0.29, 0.717) is 34.2 Å². The monoisotopic (exact) mass is 868 g/mol. The molecule has 0 amide bonds. The van der Waals surface area contributed by atoms with Gasteiger partial charge in [0.2, 0.25) is 0 Å². The number of hydrogen-bond acceptors (Lipinski definition) is 4. The lowest BCUT2D eigenvalue weighted by Gasteiger charge is -2.17. The van der Waals surface area contributed by atoms with Crippen molar-refractivity contribution in [2.45, 2.75) is 12.4 Å². The van der Waals surface area contributed by atoms with Gasteiger partial charge in [0.25, 0.3) is 0 Å². The van der Waals surface area contributed by atoms with Crippen molar-refractivity contribution in [1.82, 2.24) is 19.5 Å². The number of alkyl halides is 6. The molecule has 4 nitrogen and oxygen atoms in total. The molecule has 0 N–H and O–H groups in total. The summed E-state index contributed by atoms with van der Waals surface area (Å²) in [5.41, 5.74) is 3.16. The lowest BCUT2D eigenvalue weighted by atomic mass is 9.98. The van der Waals surface area contributed by atoms with Crippen LogP contribution in [0.3, 0.4) is 0 Å². The molecule has 0 radical (unpaired) electrons. The van der Waals surface area contributed by atoms with Crippen molar-refractivity contribution in [1.29, 1.82) is 0 Å². The van der Waals surface area contributed by atoms with Crippen LogP contribution in [0, 0.1) is 0 Å². The topological polar surface area (TPSA) is 43.6 Å². The highest BCUT2D eigenvalue weighted by Crippen LogP contribution is 2.43. The predicted octanol–water partition coefficient (Wildman–Crippen LogP) is 15.7. The van der Waals surface area contributed by atoms with Crippen LogP contribution in [0.2, 0.25) is 0 Å². The van der Waals surface area contributed by atoms with Crippen LogP contribution in [0.5, 0.6) is 0 Å². The van der Waals surface area contributed by atoms with Gasteiger partial charge in [-0.3, -0.25) is 0 Å². The molecule has 0 aliphatic carbocycles. The van der Waals surface area contributed by atoms with E-state index in [1.807, 2.05) is 120 Å². The zero-order valence-corrected chi connectivity index (χ0v) is 34.1. The standard InChI is InChI=1S/C53H30F6N4S/c54-52(55,56)37-25-36(26-38(30-37)53(57,58)59)34-19-22-40-39-15-7-9-17-44(39)63(46(40)28-34)45-24-21-33(35-20-23-42-41-16-8-10-18-47(41)64-48(42)29-35)27-43(45)51-61-49(31-11-3-1-4-12-31)60-50(62-51)32-13-5-2-6-14-32/h1-30H. The van der Waals surface area contributed by atoms with Crippen molar-refractivity contribution in [3.63, 3.8) is 0 Å². The average molecular weight is 869 g/mol. The molecule has 0 saturated heterocycles. The lowest BCUT2D eigenvalue weighted by molar-refractivity contribution is -0.143. The summed E-state index contributed by atoms with van der Waals surface area (Å²) in [5.74, 6) is 1.26. The number of nitrogens with zero attached hydrogens (tertiary/aromatic N) is 4. The number of thiophene rings is 1. The molecule has 3 aromatic heterocycles. The first-order valence-corrected chi connectivity index (χ1v) is 21.0. The molecule has 3 heterocycles. The zero-order valence-electron chi connectivity index (χ0n) is 33.3.